The fourth-order valence-electron chi connectivity index (χ4n) is 2.96. The average Bonchev–Trinajstić information content (AvgIpc) is 2.56. The van der Waals surface area contributed by atoms with E-state index in [1.54, 1.807) is 26.0 Å². The number of rotatable bonds is 6. The van der Waals surface area contributed by atoms with Gasteiger partial charge in [0, 0.05) is 31.2 Å². The molecule has 0 radical (unpaired) electrons. The van der Waals surface area contributed by atoms with Crippen molar-refractivity contribution in [2.24, 2.45) is 0 Å². The van der Waals surface area contributed by atoms with Gasteiger partial charge in [-0.1, -0.05) is 19.9 Å². The average molecular weight is 353 g/mol. The van der Waals surface area contributed by atoms with Crippen molar-refractivity contribution >= 4 is 15.9 Å². The number of nitrogens with zero attached hydrogens (tertiary/aromatic N) is 1. The highest BCUT2D eigenvalue weighted by Gasteiger charge is 2.24. The van der Waals surface area contributed by atoms with Gasteiger partial charge < -0.3 is 10.6 Å². The van der Waals surface area contributed by atoms with Crippen molar-refractivity contribution in [3.8, 4) is 0 Å². The van der Waals surface area contributed by atoms with Crippen molar-refractivity contribution < 1.29 is 13.2 Å². The van der Waals surface area contributed by atoms with E-state index in [2.05, 4.69) is 10.6 Å². The minimum atomic E-state index is -3.57. The molecule has 0 aromatic heterocycles. The second-order valence-corrected chi connectivity index (χ2v) is 8.02. The van der Waals surface area contributed by atoms with Crippen LogP contribution in [-0.4, -0.2) is 50.9 Å². The zero-order valence-corrected chi connectivity index (χ0v) is 15.4. The van der Waals surface area contributed by atoms with Gasteiger partial charge in [0.1, 0.15) is 0 Å². The highest BCUT2D eigenvalue weighted by molar-refractivity contribution is 7.89. The molecule has 0 saturated carbocycles. The lowest BCUT2D eigenvalue weighted by atomic mass is 10.1. The predicted octanol–water partition coefficient (Wildman–Crippen LogP) is 1.51. The lowest BCUT2D eigenvalue weighted by molar-refractivity contribution is 0.0930. The van der Waals surface area contributed by atoms with Gasteiger partial charge in [0.15, 0.2) is 0 Å². The van der Waals surface area contributed by atoms with Crippen molar-refractivity contribution in [2.75, 3.05) is 26.2 Å². The van der Waals surface area contributed by atoms with E-state index in [0.29, 0.717) is 18.7 Å². The Labute approximate surface area is 144 Å². The molecule has 2 N–H and O–H groups in total. The summed E-state index contributed by atoms with van der Waals surface area (Å²) in [5.41, 5.74) is 1.20. The first-order valence-corrected chi connectivity index (χ1v) is 9.96. The molecule has 1 aromatic rings. The maximum atomic E-state index is 12.7. The zero-order chi connectivity index (χ0) is 17.7. The number of sulfonamides is 1. The Balaban J connectivity index is 2.26. The Morgan fingerprint density at radius 2 is 2.04 bits per heavy atom. The Hall–Kier alpha value is -1.44. The molecule has 6 nitrogen and oxygen atoms in total. The second-order valence-electron chi connectivity index (χ2n) is 6.08. The molecule has 24 heavy (non-hydrogen) atoms. The molecule has 1 amide bonds. The van der Waals surface area contributed by atoms with Gasteiger partial charge in [-0.15, -0.1) is 0 Å². The van der Waals surface area contributed by atoms with Crippen LogP contribution in [0.3, 0.4) is 0 Å². The number of hydrogen-bond acceptors (Lipinski definition) is 4. The number of nitrogens with one attached hydrogen (secondary N) is 2. The number of amides is 1. The molecule has 1 fully saturated rings. The van der Waals surface area contributed by atoms with Gasteiger partial charge in [-0.25, -0.2) is 8.42 Å². The quantitative estimate of drug-likeness (QED) is 0.812. The van der Waals surface area contributed by atoms with Gasteiger partial charge in [-0.05, 0) is 44.0 Å². The summed E-state index contributed by atoms with van der Waals surface area (Å²) in [4.78, 5) is 12.7. The minimum absolute atomic E-state index is 0.0914. The first-order chi connectivity index (χ1) is 11.4. The van der Waals surface area contributed by atoms with E-state index >= 15 is 0 Å². The largest absolute Gasteiger partial charge is 0.348 e. The van der Waals surface area contributed by atoms with Crippen molar-refractivity contribution in [2.45, 2.75) is 44.6 Å². The summed E-state index contributed by atoms with van der Waals surface area (Å²) in [6, 6.07) is 4.86. The molecule has 1 heterocycles. The summed E-state index contributed by atoms with van der Waals surface area (Å²) in [6.45, 7) is 7.97. The molecule has 0 spiro atoms. The van der Waals surface area contributed by atoms with Crippen LogP contribution in [-0.2, 0) is 10.0 Å². The van der Waals surface area contributed by atoms with E-state index in [1.807, 2.05) is 6.92 Å². The van der Waals surface area contributed by atoms with Crippen LogP contribution < -0.4 is 10.6 Å². The van der Waals surface area contributed by atoms with Gasteiger partial charge in [-0.3, -0.25) is 4.79 Å². The normalized spacial score (nSPS) is 18.6. The molecule has 2 rings (SSSR count). The number of hydrogen-bond donors (Lipinski definition) is 2. The highest BCUT2D eigenvalue weighted by Crippen LogP contribution is 2.20. The van der Waals surface area contributed by atoms with Crippen molar-refractivity contribution in [1.82, 2.24) is 14.9 Å². The van der Waals surface area contributed by atoms with Crippen LogP contribution in [0.4, 0.5) is 0 Å². The molecule has 7 heteroatoms. The molecule has 134 valence electrons. The monoisotopic (exact) mass is 353 g/mol. The molecule has 0 aliphatic carbocycles. The fraction of sp³-hybridized carbons (Fsp3) is 0.588. The van der Waals surface area contributed by atoms with Crippen LogP contribution in [0, 0.1) is 6.92 Å². The summed E-state index contributed by atoms with van der Waals surface area (Å²) < 4.78 is 26.7. The summed E-state index contributed by atoms with van der Waals surface area (Å²) in [7, 11) is -3.57. The van der Waals surface area contributed by atoms with E-state index in [1.165, 1.54) is 10.4 Å². The summed E-state index contributed by atoms with van der Waals surface area (Å²) in [5, 5.41) is 6.26. The molecule has 1 aliphatic rings. The van der Waals surface area contributed by atoms with Crippen molar-refractivity contribution in [3.63, 3.8) is 0 Å². The lowest BCUT2D eigenvalue weighted by Gasteiger charge is -2.24. The number of benzene rings is 1. The van der Waals surface area contributed by atoms with Crippen molar-refractivity contribution in [1.29, 1.82) is 0 Å². The third-order valence-corrected chi connectivity index (χ3v) is 6.47. The number of carbonyl (C=O) groups is 1. The maximum Gasteiger partial charge on any atom is 0.251 e. The van der Waals surface area contributed by atoms with Crippen LogP contribution in [0.15, 0.2) is 23.1 Å². The summed E-state index contributed by atoms with van der Waals surface area (Å²) in [5.74, 6) is -0.210. The van der Waals surface area contributed by atoms with Gasteiger partial charge in [0.05, 0.1) is 4.90 Å². The maximum absolute atomic E-state index is 12.7. The Morgan fingerprint density at radius 1 is 1.33 bits per heavy atom. The van der Waals surface area contributed by atoms with E-state index in [4.69, 9.17) is 0 Å². The number of piperidine rings is 1. The van der Waals surface area contributed by atoms with E-state index in [-0.39, 0.29) is 16.8 Å². The minimum Gasteiger partial charge on any atom is -0.348 e. The topological polar surface area (TPSA) is 78.5 Å². The zero-order valence-electron chi connectivity index (χ0n) is 14.6. The van der Waals surface area contributed by atoms with E-state index in [9.17, 15) is 13.2 Å². The first-order valence-electron chi connectivity index (χ1n) is 8.52. The van der Waals surface area contributed by atoms with Crippen LogP contribution in [0.2, 0.25) is 0 Å². The van der Waals surface area contributed by atoms with E-state index in [0.717, 1.165) is 31.5 Å². The Morgan fingerprint density at radius 3 is 2.62 bits per heavy atom. The molecular weight excluding hydrogens is 326 g/mol. The molecule has 1 unspecified atom stereocenters. The van der Waals surface area contributed by atoms with Gasteiger partial charge in [0.2, 0.25) is 10.0 Å². The molecule has 1 aliphatic heterocycles. The lowest BCUT2D eigenvalue weighted by Crippen LogP contribution is -2.45. The smallest absolute Gasteiger partial charge is 0.251 e. The first kappa shape index (κ1) is 18.9. The van der Waals surface area contributed by atoms with Crippen LogP contribution >= 0.6 is 0 Å². The summed E-state index contributed by atoms with van der Waals surface area (Å²) in [6.07, 6.45) is 1.97. The van der Waals surface area contributed by atoms with Gasteiger partial charge >= 0.3 is 0 Å². The van der Waals surface area contributed by atoms with Gasteiger partial charge in [-0.2, -0.15) is 4.31 Å². The standard InChI is InChI=1S/C17H27N3O3S/c1-4-20(5-2)24(22,23)15-9-8-13(3)16(11-15)17(21)19-14-7-6-10-18-12-14/h8-9,11,14,18H,4-7,10,12H2,1-3H3,(H,19,21). The van der Waals surface area contributed by atoms with Crippen molar-refractivity contribution in [3.05, 3.63) is 29.3 Å². The Kier molecular flexibility index (Phi) is 6.37. The molecular formula is C17H27N3O3S. The third kappa shape index (κ3) is 4.15. The molecule has 1 aromatic carbocycles. The molecule has 1 atom stereocenters. The second kappa shape index (κ2) is 8.09. The van der Waals surface area contributed by atoms with Crippen LogP contribution in [0.5, 0.6) is 0 Å². The summed E-state index contributed by atoms with van der Waals surface area (Å²) >= 11 is 0. The van der Waals surface area contributed by atoms with Crippen LogP contribution in [0.1, 0.15) is 42.6 Å². The molecule has 1 saturated heterocycles. The Bertz CT molecular complexity index is 678. The van der Waals surface area contributed by atoms with Gasteiger partial charge in [0.25, 0.3) is 5.91 Å². The van der Waals surface area contributed by atoms with Crippen LogP contribution in [0.25, 0.3) is 0 Å². The highest BCUT2D eigenvalue weighted by atomic mass is 32.2. The fourth-order valence-corrected chi connectivity index (χ4v) is 4.44. The third-order valence-electron chi connectivity index (χ3n) is 4.43. The van der Waals surface area contributed by atoms with E-state index < -0.39 is 10.0 Å². The number of carbonyl (C=O) groups excluding carboxylic acids is 1. The predicted molar refractivity (Wildman–Crippen MR) is 94.6 cm³/mol. The number of aryl methyl sites for hydroxylation is 1. The molecule has 0 bridgehead atoms. The SMILES string of the molecule is CCN(CC)S(=O)(=O)c1ccc(C)c(C(=O)NC2CCCNC2)c1.